The van der Waals surface area contributed by atoms with Crippen LogP contribution in [0.4, 0.5) is 4.79 Å². The van der Waals surface area contributed by atoms with E-state index in [1.165, 1.54) is 0 Å². The lowest BCUT2D eigenvalue weighted by Crippen LogP contribution is -2.38. The Labute approximate surface area is 147 Å². The van der Waals surface area contributed by atoms with E-state index in [0.29, 0.717) is 37.6 Å². The first-order valence-electron chi connectivity index (χ1n) is 8.51. The number of nitrogens with zero attached hydrogens (tertiary/aromatic N) is 2. The normalized spacial score (nSPS) is 23.4. The highest BCUT2D eigenvalue weighted by molar-refractivity contribution is 5.78. The molecule has 2 aliphatic heterocycles. The zero-order valence-electron chi connectivity index (χ0n) is 14.7. The van der Waals surface area contributed by atoms with Gasteiger partial charge in [-0.25, -0.2) is 4.79 Å². The Morgan fingerprint density at radius 1 is 1.24 bits per heavy atom. The Balaban J connectivity index is 1.56. The smallest absolute Gasteiger partial charge is 0.410 e. The van der Waals surface area contributed by atoms with Crippen LogP contribution >= 0.6 is 0 Å². The number of amides is 2. The molecular weight excluding hydrogens is 324 g/mol. The Bertz CT molecular complexity index is 650. The first-order valence-corrected chi connectivity index (χ1v) is 8.51. The quantitative estimate of drug-likeness (QED) is 0.831. The summed E-state index contributed by atoms with van der Waals surface area (Å²) in [7, 11) is 3.31. The maximum atomic E-state index is 12.5. The second-order valence-corrected chi connectivity index (χ2v) is 6.58. The molecule has 0 aliphatic carbocycles. The molecule has 136 valence electrons. The van der Waals surface area contributed by atoms with Gasteiger partial charge in [-0.05, 0) is 25.0 Å². The fraction of sp³-hybridized carbons (Fsp3) is 0.556. The van der Waals surface area contributed by atoms with Gasteiger partial charge in [0.05, 0.1) is 13.7 Å². The molecule has 2 amide bonds. The van der Waals surface area contributed by atoms with E-state index in [4.69, 9.17) is 14.2 Å². The van der Waals surface area contributed by atoms with Crippen LogP contribution in [-0.2, 0) is 9.53 Å². The van der Waals surface area contributed by atoms with Crippen LogP contribution in [0, 0.1) is 0 Å². The molecule has 0 radical (unpaired) electrons. The van der Waals surface area contributed by atoms with Crippen molar-refractivity contribution in [2.24, 2.45) is 0 Å². The van der Waals surface area contributed by atoms with E-state index in [0.717, 1.165) is 12.8 Å². The summed E-state index contributed by atoms with van der Waals surface area (Å²) in [5.74, 6) is 1.09. The first-order chi connectivity index (χ1) is 12.0. The molecule has 0 unspecified atom stereocenters. The summed E-state index contributed by atoms with van der Waals surface area (Å²) in [4.78, 5) is 27.6. The van der Waals surface area contributed by atoms with Gasteiger partial charge in [0.1, 0.15) is 5.60 Å². The number of ether oxygens (including phenoxy) is 3. The molecule has 1 atom stereocenters. The highest BCUT2D eigenvalue weighted by Gasteiger charge is 2.44. The van der Waals surface area contributed by atoms with Crippen LogP contribution in [0.25, 0.3) is 0 Å². The molecule has 2 fully saturated rings. The average Bonchev–Trinajstić information content (AvgIpc) is 2.77. The molecule has 1 aromatic carbocycles. The van der Waals surface area contributed by atoms with Crippen LogP contribution in [0.3, 0.4) is 0 Å². The van der Waals surface area contributed by atoms with Gasteiger partial charge in [-0.15, -0.1) is 0 Å². The first kappa shape index (κ1) is 17.4. The molecule has 1 aromatic rings. The SMILES string of the molecule is COc1ccccc1OCC(=O)N1CCC[C@@]2(CC1)CN(C)C(=O)O2. The summed E-state index contributed by atoms with van der Waals surface area (Å²) < 4.78 is 16.4. The van der Waals surface area contributed by atoms with Gasteiger partial charge in [0, 0.05) is 26.6 Å². The van der Waals surface area contributed by atoms with Crippen molar-refractivity contribution in [3.63, 3.8) is 0 Å². The van der Waals surface area contributed by atoms with Gasteiger partial charge in [-0.2, -0.15) is 0 Å². The van der Waals surface area contributed by atoms with Crippen molar-refractivity contribution in [3.8, 4) is 11.5 Å². The van der Waals surface area contributed by atoms with Crippen molar-refractivity contribution in [1.29, 1.82) is 0 Å². The number of benzene rings is 1. The van der Waals surface area contributed by atoms with E-state index in [-0.39, 0.29) is 18.6 Å². The highest BCUT2D eigenvalue weighted by atomic mass is 16.6. The van der Waals surface area contributed by atoms with Crippen LogP contribution in [0.5, 0.6) is 11.5 Å². The Kier molecular flexibility index (Phi) is 5.01. The van der Waals surface area contributed by atoms with Crippen LogP contribution in [0.2, 0.25) is 0 Å². The minimum atomic E-state index is -0.454. The number of carbonyl (C=O) groups excluding carboxylic acids is 2. The molecule has 2 aliphatic rings. The standard InChI is InChI=1S/C18H24N2O5/c1-19-13-18(25-17(19)22)8-5-10-20(11-9-18)16(21)12-24-15-7-4-3-6-14(15)23-2/h3-4,6-7H,5,8-13H2,1-2H3/t18-/m1/s1. The second-order valence-electron chi connectivity index (χ2n) is 6.58. The molecule has 0 saturated carbocycles. The molecule has 0 aromatic heterocycles. The van der Waals surface area contributed by atoms with Crippen molar-refractivity contribution in [1.82, 2.24) is 9.80 Å². The third-order valence-electron chi connectivity index (χ3n) is 4.81. The van der Waals surface area contributed by atoms with Crippen LogP contribution in [-0.4, -0.2) is 67.8 Å². The summed E-state index contributed by atoms with van der Waals surface area (Å²) >= 11 is 0. The molecule has 0 bridgehead atoms. The lowest BCUT2D eigenvalue weighted by molar-refractivity contribution is -0.133. The van der Waals surface area contributed by atoms with E-state index in [1.54, 1.807) is 36.1 Å². The van der Waals surface area contributed by atoms with Gasteiger partial charge in [0.25, 0.3) is 5.91 Å². The number of methoxy groups -OCH3 is 1. The summed E-state index contributed by atoms with van der Waals surface area (Å²) in [6, 6.07) is 7.25. The summed E-state index contributed by atoms with van der Waals surface area (Å²) in [6.07, 6.45) is 1.96. The number of hydrogen-bond donors (Lipinski definition) is 0. The fourth-order valence-electron chi connectivity index (χ4n) is 3.44. The lowest BCUT2D eigenvalue weighted by atomic mass is 9.95. The van der Waals surface area contributed by atoms with Crippen LogP contribution in [0.15, 0.2) is 24.3 Å². The van der Waals surface area contributed by atoms with Gasteiger partial charge in [-0.1, -0.05) is 12.1 Å². The largest absolute Gasteiger partial charge is 0.493 e. The van der Waals surface area contributed by atoms with Gasteiger partial charge >= 0.3 is 6.09 Å². The monoisotopic (exact) mass is 348 g/mol. The number of likely N-dealkylation sites (N-methyl/N-ethyl adjacent to an activating group) is 1. The third-order valence-corrected chi connectivity index (χ3v) is 4.81. The van der Waals surface area contributed by atoms with E-state index in [9.17, 15) is 9.59 Å². The van der Waals surface area contributed by atoms with Crippen LogP contribution < -0.4 is 9.47 Å². The molecule has 2 heterocycles. The van der Waals surface area contributed by atoms with Crippen molar-refractivity contribution >= 4 is 12.0 Å². The van der Waals surface area contributed by atoms with Crippen molar-refractivity contribution in [3.05, 3.63) is 24.3 Å². The molecule has 25 heavy (non-hydrogen) atoms. The lowest BCUT2D eigenvalue weighted by Gasteiger charge is -2.25. The maximum Gasteiger partial charge on any atom is 0.410 e. The predicted octanol–water partition coefficient (Wildman–Crippen LogP) is 1.91. The van der Waals surface area contributed by atoms with E-state index < -0.39 is 5.60 Å². The van der Waals surface area contributed by atoms with Crippen LogP contribution in [0.1, 0.15) is 19.3 Å². The highest BCUT2D eigenvalue weighted by Crippen LogP contribution is 2.32. The van der Waals surface area contributed by atoms with E-state index in [1.807, 2.05) is 12.1 Å². The summed E-state index contributed by atoms with van der Waals surface area (Å²) in [5.41, 5.74) is -0.454. The second kappa shape index (κ2) is 7.21. The maximum absolute atomic E-state index is 12.5. The molecule has 0 N–H and O–H groups in total. The van der Waals surface area contributed by atoms with Gasteiger partial charge < -0.3 is 24.0 Å². The average molecular weight is 348 g/mol. The third kappa shape index (κ3) is 3.81. The minimum Gasteiger partial charge on any atom is -0.493 e. The minimum absolute atomic E-state index is 0.0347. The van der Waals surface area contributed by atoms with Gasteiger partial charge in [0.2, 0.25) is 0 Å². The number of hydrogen-bond acceptors (Lipinski definition) is 5. The number of likely N-dealkylation sites (tertiary alicyclic amines) is 1. The number of carbonyl (C=O) groups is 2. The van der Waals surface area contributed by atoms with Gasteiger partial charge in [0.15, 0.2) is 18.1 Å². The van der Waals surface area contributed by atoms with Crippen molar-refractivity contribution in [2.45, 2.75) is 24.9 Å². The van der Waals surface area contributed by atoms with E-state index >= 15 is 0 Å². The molecule has 3 rings (SSSR count). The molecule has 7 nitrogen and oxygen atoms in total. The Morgan fingerprint density at radius 3 is 2.68 bits per heavy atom. The molecule has 2 saturated heterocycles. The molecular formula is C18H24N2O5. The van der Waals surface area contributed by atoms with Crippen molar-refractivity contribution < 1.29 is 23.8 Å². The molecule has 7 heteroatoms. The Hall–Kier alpha value is -2.44. The summed E-state index contributed by atoms with van der Waals surface area (Å²) in [5, 5.41) is 0. The zero-order chi connectivity index (χ0) is 17.9. The predicted molar refractivity (Wildman–Crippen MR) is 90.8 cm³/mol. The van der Waals surface area contributed by atoms with E-state index in [2.05, 4.69) is 0 Å². The van der Waals surface area contributed by atoms with Crippen molar-refractivity contribution in [2.75, 3.05) is 40.4 Å². The number of rotatable bonds is 4. The van der Waals surface area contributed by atoms with Gasteiger partial charge in [-0.3, -0.25) is 4.79 Å². The zero-order valence-corrected chi connectivity index (χ0v) is 14.7. The topological polar surface area (TPSA) is 68.3 Å². The summed E-state index contributed by atoms with van der Waals surface area (Å²) in [6.45, 7) is 1.77. The molecule has 1 spiro atoms. The Morgan fingerprint density at radius 2 is 2.00 bits per heavy atom. The number of para-hydroxylation sites is 2. The fourth-order valence-corrected chi connectivity index (χ4v) is 3.44.